The molecule has 4 heterocycles. The molecule has 0 spiro atoms. The van der Waals surface area contributed by atoms with Crippen molar-refractivity contribution in [3.8, 4) is 11.7 Å². The number of rotatable bonds is 10. The van der Waals surface area contributed by atoms with E-state index in [-0.39, 0.29) is 5.91 Å². The molecule has 0 bridgehead atoms. The molecule has 1 fully saturated rings. The van der Waals surface area contributed by atoms with E-state index in [1.54, 1.807) is 42.4 Å². The zero-order chi connectivity index (χ0) is 25.5. The Balaban J connectivity index is 1.18. The fourth-order valence-electron chi connectivity index (χ4n) is 4.24. The number of pyridine rings is 1. The van der Waals surface area contributed by atoms with Gasteiger partial charge in [-0.05, 0) is 62.7 Å². The SMILES string of the molecule is COc1cccc(-n2ncc3c(N/N=C/c4ccc(C(=O)NCCCN5CCCC5)cc4)ncnc32)n1. The van der Waals surface area contributed by atoms with Gasteiger partial charge in [-0.1, -0.05) is 18.2 Å². The summed E-state index contributed by atoms with van der Waals surface area (Å²) in [7, 11) is 1.56. The number of likely N-dealkylation sites (tertiary alicyclic amines) is 1. The summed E-state index contributed by atoms with van der Waals surface area (Å²) in [5.74, 6) is 1.52. The topological polar surface area (TPSA) is 122 Å². The third-order valence-electron chi connectivity index (χ3n) is 6.19. The number of hydrazone groups is 1. The second-order valence-electron chi connectivity index (χ2n) is 8.70. The van der Waals surface area contributed by atoms with Gasteiger partial charge >= 0.3 is 0 Å². The van der Waals surface area contributed by atoms with E-state index >= 15 is 0 Å². The fourth-order valence-corrected chi connectivity index (χ4v) is 4.24. The van der Waals surface area contributed by atoms with Crippen LogP contribution in [0.25, 0.3) is 16.9 Å². The lowest BCUT2D eigenvalue weighted by Gasteiger charge is -2.14. The average molecular weight is 500 g/mol. The van der Waals surface area contributed by atoms with Crippen LogP contribution in [0.15, 0.2) is 60.1 Å². The maximum atomic E-state index is 12.4. The number of carbonyl (C=O) groups excluding carboxylic acids is 1. The Morgan fingerprint density at radius 1 is 1.14 bits per heavy atom. The van der Waals surface area contributed by atoms with Crippen molar-refractivity contribution in [1.29, 1.82) is 0 Å². The first-order valence-electron chi connectivity index (χ1n) is 12.3. The molecule has 0 radical (unpaired) electrons. The smallest absolute Gasteiger partial charge is 0.251 e. The van der Waals surface area contributed by atoms with Gasteiger partial charge < -0.3 is 15.0 Å². The summed E-state index contributed by atoms with van der Waals surface area (Å²) in [6, 6.07) is 12.7. The van der Waals surface area contributed by atoms with E-state index in [0.717, 1.165) is 18.5 Å². The number of nitrogens with one attached hydrogen (secondary N) is 2. The summed E-state index contributed by atoms with van der Waals surface area (Å²) in [5.41, 5.74) is 5.02. The summed E-state index contributed by atoms with van der Waals surface area (Å²) in [5, 5.41) is 12.4. The molecule has 1 aromatic carbocycles. The molecular formula is C26H29N9O2. The van der Waals surface area contributed by atoms with Crippen LogP contribution in [-0.4, -0.2) is 75.0 Å². The van der Waals surface area contributed by atoms with E-state index in [9.17, 15) is 4.79 Å². The lowest BCUT2D eigenvalue weighted by atomic mass is 10.1. The summed E-state index contributed by atoms with van der Waals surface area (Å²) < 4.78 is 6.82. The second kappa shape index (κ2) is 11.6. The zero-order valence-electron chi connectivity index (χ0n) is 20.7. The van der Waals surface area contributed by atoms with Crippen molar-refractivity contribution in [1.82, 2.24) is 34.9 Å². The number of benzene rings is 1. The van der Waals surface area contributed by atoms with Crippen molar-refractivity contribution < 1.29 is 9.53 Å². The van der Waals surface area contributed by atoms with E-state index in [1.807, 2.05) is 24.3 Å². The highest BCUT2D eigenvalue weighted by Crippen LogP contribution is 2.21. The molecule has 0 atom stereocenters. The van der Waals surface area contributed by atoms with Gasteiger partial charge in [0.1, 0.15) is 6.33 Å². The minimum Gasteiger partial charge on any atom is -0.481 e. The quantitative estimate of drug-likeness (QED) is 0.194. The van der Waals surface area contributed by atoms with Gasteiger partial charge in [0.2, 0.25) is 5.88 Å². The Morgan fingerprint density at radius 3 is 2.78 bits per heavy atom. The first-order chi connectivity index (χ1) is 18.2. The number of hydrogen-bond donors (Lipinski definition) is 2. The number of hydrogen-bond acceptors (Lipinski definition) is 9. The molecule has 2 N–H and O–H groups in total. The Morgan fingerprint density at radius 2 is 1.97 bits per heavy atom. The molecule has 37 heavy (non-hydrogen) atoms. The predicted octanol–water partition coefficient (Wildman–Crippen LogP) is 2.88. The van der Waals surface area contributed by atoms with Gasteiger partial charge in [0.15, 0.2) is 17.3 Å². The number of amides is 1. The number of nitrogens with zero attached hydrogens (tertiary/aromatic N) is 7. The monoisotopic (exact) mass is 499 g/mol. The maximum absolute atomic E-state index is 12.4. The van der Waals surface area contributed by atoms with Crippen molar-refractivity contribution in [2.75, 3.05) is 38.7 Å². The third-order valence-corrected chi connectivity index (χ3v) is 6.19. The first kappa shape index (κ1) is 24.3. The molecule has 190 valence electrons. The van der Waals surface area contributed by atoms with Gasteiger partial charge in [0.05, 0.1) is 24.9 Å². The number of methoxy groups -OCH3 is 1. The normalized spacial score (nSPS) is 13.9. The van der Waals surface area contributed by atoms with Crippen molar-refractivity contribution in [2.45, 2.75) is 19.3 Å². The van der Waals surface area contributed by atoms with Crippen LogP contribution in [-0.2, 0) is 0 Å². The Labute approximate surface area is 214 Å². The highest BCUT2D eigenvalue weighted by molar-refractivity contribution is 5.95. The molecule has 3 aromatic heterocycles. The number of aromatic nitrogens is 5. The molecule has 4 aromatic rings. The highest BCUT2D eigenvalue weighted by Gasteiger charge is 2.13. The lowest BCUT2D eigenvalue weighted by molar-refractivity contribution is 0.0952. The van der Waals surface area contributed by atoms with Crippen molar-refractivity contribution >= 4 is 29.0 Å². The van der Waals surface area contributed by atoms with Crippen LogP contribution in [0.4, 0.5) is 5.82 Å². The molecule has 11 heteroatoms. The van der Waals surface area contributed by atoms with Crippen LogP contribution in [0.5, 0.6) is 5.88 Å². The number of anilines is 1. The summed E-state index contributed by atoms with van der Waals surface area (Å²) in [6.45, 7) is 4.08. The van der Waals surface area contributed by atoms with Gasteiger partial charge in [-0.15, -0.1) is 0 Å². The number of carbonyl (C=O) groups is 1. The molecule has 0 saturated carbocycles. The molecule has 0 aliphatic carbocycles. The molecular weight excluding hydrogens is 470 g/mol. The van der Waals surface area contributed by atoms with Crippen LogP contribution in [0.1, 0.15) is 35.2 Å². The van der Waals surface area contributed by atoms with Gasteiger partial charge in [0.25, 0.3) is 5.91 Å². The lowest BCUT2D eigenvalue weighted by Crippen LogP contribution is -2.28. The van der Waals surface area contributed by atoms with Crippen LogP contribution in [0.2, 0.25) is 0 Å². The fraction of sp³-hybridized carbons (Fsp3) is 0.308. The first-order valence-corrected chi connectivity index (χ1v) is 12.3. The van der Waals surface area contributed by atoms with Crippen molar-refractivity contribution in [3.05, 3.63) is 66.1 Å². The highest BCUT2D eigenvalue weighted by atomic mass is 16.5. The molecule has 11 nitrogen and oxygen atoms in total. The van der Waals surface area contributed by atoms with Gasteiger partial charge in [-0.2, -0.15) is 19.9 Å². The molecule has 1 aliphatic rings. The Bertz CT molecular complexity index is 1380. The van der Waals surface area contributed by atoms with E-state index in [0.29, 0.717) is 40.7 Å². The third kappa shape index (κ3) is 5.89. The maximum Gasteiger partial charge on any atom is 0.251 e. The second-order valence-corrected chi connectivity index (χ2v) is 8.70. The van der Waals surface area contributed by atoms with E-state index in [1.165, 1.54) is 32.3 Å². The van der Waals surface area contributed by atoms with Crippen molar-refractivity contribution in [2.24, 2.45) is 5.10 Å². The minimum atomic E-state index is -0.0612. The zero-order valence-corrected chi connectivity index (χ0v) is 20.7. The molecule has 5 rings (SSSR count). The van der Waals surface area contributed by atoms with E-state index < -0.39 is 0 Å². The number of ether oxygens (including phenoxy) is 1. The Kier molecular flexibility index (Phi) is 7.60. The van der Waals surface area contributed by atoms with Crippen molar-refractivity contribution in [3.63, 3.8) is 0 Å². The largest absolute Gasteiger partial charge is 0.481 e. The molecule has 1 saturated heterocycles. The van der Waals surface area contributed by atoms with E-state index in [4.69, 9.17) is 4.74 Å². The van der Waals surface area contributed by atoms with Crippen LogP contribution < -0.4 is 15.5 Å². The van der Waals surface area contributed by atoms with Gasteiger partial charge in [-0.25, -0.2) is 9.97 Å². The van der Waals surface area contributed by atoms with E-state index in [2.05, 4.69) is 40.8 Å². The molecule has 1 amide bonds. The predicted molar refractivity (Wildman–Crippen MR) is 141 cm³/mol. The Hall–Kier alpha value is -4.38. The van der Waals surface area contributed by atoms with Gasteiger partial charge in [0, 0.05) is 18.2 Å². The summed E-state index contributed by atoms with van der Waals surface area (Å²) in [6.07, 6.45) is 8.30. The summed E-state index contributed by atoms with van der Waals surface area (Å²) >= 11 is 0. The minimum absolute atomic E-state index is 0.0612. The summed E-state index contributed by atoms with van der Waals surface area (Å²) in [4.78, 5) is 27.9. The average Bonchev–Trinajstić information content (AvgIpc) is 3.62. The van der Waals surface area contributed by atoms with Crippen LogP contribution in [0.3, 0.4) is 0 Å². The van der Waals surface area contributed by atoms with Crippen LogP contribution >= 0.6 is 0 Å². The standard InChI is InChI=1S/C26H29N9O2/c1-37-23-7-4-6-22(32-23)35-25-21(17-31-35)24(28-18-29-25)33-30-16-19-8-10-20(11-9-19)26(36)27-12-5-15-34-13-2-3-14-34/h4,6-11,16-18H,2-3,5,12-15H2,1H3,(H,27,36)(H,28,29,33)/b30-16+. The number of fused-ring (bicyclic) bond motifs is 1. The molecule has 0 unspecified atom stereocenters. The van der Waals surface area contributed by atoms with Gasteiger partial charge in [-0.3, -0.25) is 10.2 Å². The van der Waals surface area contributed by atoms with Crippen LogP contribution in [0, 0.1) is 0 Å². The molecule has 1 aliphatic heterocycles.